The normalized spacial score (nSPS) is 21.9. The van der Waals surface area contributed by atoms with E-state index in [1.165, 1.54) is 0 Å². The molecule has 1 unspecified atom stereocenters. The average molecular weight is 345 g/mol. The summed E-state index contributed by atoms with van der Waals surface area (Å²) in [4.78, 5) is 36.5. The number of amides is 3. The lowest BCUT2D eigenvalue weighted by Gasteiger charge is -2.36. The summed E-state index contributed by atoms with van der Waals surface area (Å²) in [5.41, 5.74) is 1.01. The fraction of sp³-hybridized carbons (Fsp3) is 0.667. The minimum Gasteiger partial charge on any atom is -0.343 e. The van der Waals surface area contributed by atoms with Crippen molar-refractivity contribution < 1.29 is 9.59 Å². The Morgan fingerprint density at radius 2 is 2.00 bits per heavy atom. The molecular weight excluding hydrogens is 318 g/mol. The molecule has 0 saturated carbocycles. The van der Waals surface area contributed by atoms with Crippen LogP contribution in [0.5, 0.6) is 0 Å². The van der Waals surface area contributed by atoms with Crippen LogP contribution in [0.4, 0.5) is 4.79 Å². The van der Waals surface area contributed by atoms with Crippen LogP contribution in [0.3, 0.4) is 0 Å². The number of hydrogen-bond donors (Lipinski definition) is 1. The summed E-state index contributed by atoms with van der Waals surface area (Å²) in [5, 5.41) is 3.15. The molecule has 0 aliphatic carbocycles. The first-order valence-electron chi connectivity index (χ1n) is 9.26. The fourth-order valence-electron chi connectivity index (χ4n) is 3.71. The van der Waals surface area contributed by atoms with E-state index in [0.29, 0.717) is 13.0 Å². The molecule has 1 aromatic heterocycles. The number of rotatable bonds is 3. The molecule has 136 valence electrons. The Morgan fingerprint density at radius 1 is 1.20 bits per heavy atom. The number of urea groups is 1. The lowest BCUT2D eigenvalue weighted by Crippen LogP contribution is -2.51. The monoisotopic (exact) mass is 345 g/mol. The van der Waals surface area contributed by atoms with Crippen LogP contribution in [0, 0.1) is 0 Å². The molecular formula is C18H27N5O2. The third-order valence-corrected chi connectivity index (χ3v) is 5.21. The summed E-state index contributed by atoms with van der Waals surface area (Å²) in [6, 6.07) is 2.11. The van der Waals surface area contributed by atoms with Gasteiger partial charge in [-0.15, -0.1) is 0 Å². The summed E-state index contributed by atoms with van der Waals surface area (Å²) >= 11 is 0. The van der Waals surface area contributed by atoms with Crippen LogP contribution in [0.25, 0.3) is 0 Å². The molecule has 2 fully saturated rings. The lowest BCUT2D eigenvalue weighted by atomic mass is 9.95. The molecule has 25 heavy (non-hydrogen) atoms. The SMILES string of the molecule is CCC(=O)N1CCC(NC(=O)N2CCCC(c3ccncn3)C2)CC1. The van der Waals surface area contributed by atoms with Gasteiger partial charge in [-0.2, -0.15) is 0 Å². The number of carbonyl (C=O) groups is 2. The third kappa shape index (κ3) is 4.46. The van der Waals surface area contributed by atoms with Gasteiger partial charge >= 0.3 is 6.03 Å². The predicted molar refractivity (Wildman–Crippen MR) is 94.0 cm³/mol. The van der Waals surface area contributed by atoms with E-state index in [1.54, 1.807) is 12.5 Å². The Bertz CT molecular complexity index is 586. The van der Waals surface area contributed by atoms with Gasteiger partial charge in [0.25, 0.3) is 0 Å². The summed E-state index contributed by atoms with van der Waals surface area (Å²) < 4.78 is 0. The molecule has 3 rings (SSSR count). The van der Waals surface area contributed by atoms with Crippen molar-refractivity contribution in [3.63, 3.8) is 0 Å². The van der Waals surface area contributed by atoms with Gasteiger partial charge in [0.05, 0.1) is 0 Å². The fourth-order valence-corrected chi connectivity index (χ4v) is 3.71. The van der Waals surface area contributed by atoms with Crippen LogP contribution in [0.2, 0.25) is 0 Å². The maximum absolute atomic E-state index is 12.6. The van der Waals surface area contributed by atoms with Gasteiger partial charge in [0.2, 0.25) is 5.91 Å². The largest absolute Gasteiger partial charge is 0.343 e. The molecule has 0 aromatic carbocycles. The number of nitrogens with zero attached hydrogens (tertiary/aromatic N) is 4. The lowest BCUT2D eigenvalue weighted by molar-refractivity contribution is -0.131. The Kier molecular flexibility index (Phi) is 5.83. The highest BCUT2D eigenvalue weighted by molar-refractivity contribution is 5.76. The van der Waals surface area contributed by atoms with Crippen molar-refractivity contribution in [2.45, 2.75) is 51.0 Å². The van der Waals surface area contributed by atoms with E-state index in [9.17, 15) is 9.59 Å². The molecule has 1 aromatic rings. The number of carbonyl (C=O) groups excluding carboxylic acids is 2. The first kappa shape index (κ1) is 17.6. The van der Waals surface area contributed by atoms with Crippen LogP contribution < -0.4 is 5.32 Å². The molecule has 2 saturated heterocycles. The van der Waals surface area contributed by atoms with E-state index >= 15 is 0 Å². The highest BCUT2D eigenvalue weighted by Crippen LogP contribution is 2.25. The number of hydrogen-bond acceptors (Lipinski definition) is 4. The molecule has 0 radical (unpaired) electrons. The molecule has 0 bridgehead atoms. The van der Waals surface area contributed by atoms with Crippen LogP contribution in [0.1, 0.15) is 50.6 Å². The van der Waals surface area contributed by atoms with Gasteiger partial charge in [-0.25, -0.2) is 14.8 Å². The van der Waals surface area contributed by atoms with E-state index in [-0.39, 0.29) is 23.9 Å². The molecule has 3 amide bonds. The first-order chi connectivity index (χ1) is 12.2. The van der Waals surface area contributed by atoms with Crippen molar-refractivity contribution in [3.8, 4) is 0 Å². The summed E-state index contributed by atoms with van der Waals surface area (Å²) in [5.74, 6) is 0.486. The van der Waals surface area contributed by atoms with E-state index in [4.69, 9.17) is 0 Å². The summed E-state index contributed by atoms with van der Waals surface area (Å²) in [6.45, 7) is 4.86. The number of aromatic nitrogens is 2. The molecule has 0 spiro atoms. The molecule has 7 nitrogen and oxygen atoms in total. The zero-order valence-electron chi connectivity index (χ0n) is 14.9. The van der Waals surface area contributed by atoms with Gasteiger partial charge < -0.3 is 15.1 Å². The van der Waals surface area contributed by atoms with Crippen LogP contribution in [-0.2, 0) is 4.79 Å². The maximum atomic E-state index is 12.6. The quantitative estimate of drug-likeness (QED) is 0.905. The van der Waals surface area contributed by atoms with E-state index < -0.39 is 0 Å². The average Bonchev–Trinajstić information content (AvgIpc) is 2.68. The zero-order valence-corrected chi connectivity index (χ0v) is 14.9. The van der Waals surface area contributed by atoms with Gasteiger partial charge in [0.15, 0.2) is 0 Å². The van der Waals surface area contributed by atoms with Crippen LogP contribution in [0.15, 0.2) is 18.6 Å². The van der Waals surface area contributed by atoms with Crippen LogP contribution >= 0.6 is 0 Å². The van der Waals surface area contributed by atoms with Crippen molar-refractivity contribution >= 4 is 11.9 Å². The minimum atomic E-state index is 0.0130. The second kappa shape index (κ2) is 8.27. The molecule has 2 aliphatic rings. The van der Waals surface area contributed by atoms with Crippen molar-refractivity contribution in [2.24, 2.45) is 0 Å². The number of piperidine rings is 2. The van der Waals surface area contributed by atoms with Crippen molar-refractivity contribution in [3.05, 3.63) is 24.3 Å². The smallest absolute Gasteiger partial charge is 0.317 e. The van der Waals surface area contributed by atoms with Crippen LogP contribution in [-0.4, -0.2) is 63.9 Å². The number of nitrogens with one attached hydrogen (secondary N) is 1. The van der Waals surface area contributed by atoms with Gasteiger partial charge in [0, 0.05) is 56.5 Å². The second-order valence-electron chi connectivity index (χ2n) is 6.88. The Labute approximate surface area is 148 Å². The summed E-state index contributed by atoms with van der Waals surface area (Å²) in [7, 11) is 0. The minimum absolute atomic E-state index is 0.0130. The standard InChI is InChI=1S/C18H27N5O2/c1-2-17(24)22-10-6-15(7-11-22)21-18(25)23-9-3-4-14(12-23)16-5-8-19-13-20-16/h5,8,13-15H,2-4,6-7,9-12H2,1H3,(H,21,25). The van der Waals surface area contributed by atoms with Crippen molar-refractivity contribution in [1.29, 1.82) is 0 Å². The first-order valence-corrected chi connectivity index (χ1v) is 9.26. The molecule has 3 heterocycles. The Morgan fingerprint density at radius 3 is 2.68 bits per heavy atom. The van der Waals surface area contributed by atoms with Crippen molar-refractivity contribution in [2.75, 3.05) is 26.2 Å². The van der Waals surface area contributed by atoms with E-state index in [2.05, 4.69) is 15.3 Å². The topological polar surface area (TPSA) is 78.4 Å². The second-order valence-corrected chi connectivity index (χ2v) is 6.88. The van der Waals surface area contributed by atoms with E-state index in [1.807, 2.05) is 22.8 Å². The molecule has 2 aliphatic heterocycles. The summed E-state index contributed by atoms with van der Waals surface area (Å²) in [6.07, 6.45) is 7.59. The maximum Gasteiger partial charge on any atom is 0.317 e. The molecule has 1 N–H and O–H groups in total. The molecule has 1 atom stereocenters. The zero-order chi connectivity index (χ0) is 17.6. The highest BCUT2D eigenvalue weighted by Gasteiger charge is 2.28. The van der Waals surface area contributed by atoms with E-state index in [0.717, 1.165) is 51.0 Å². The predicted octanol–water partition coefficient (Wildman–Crippen LogP) is 1.77. The van der Waals surface area contributed by atoms with Gasteiger partial charge in [-0.05, 0) is 31.7 Å². The van der Waals surface area contributed by atoms with Gasteiger partial charge in [-0.3, -0.25) is 4.79 Å². The van der Waals surface area contributed by atoms with Gasteiger partial charge in [-0.1, -0.05) is 6.92 Å². The highest BCUT2D eigenvalue weighted by atomic mass is 16.2. The number of likely N-dealkylation sites (tertiary alicyclic amines) is 2. The third-order valence-electron chi connectivity index (χ3n) is 5.21. The molecule has 7 heteroatoms. The van der Waals surface area contributed by atoms with Gasteiger partial charge in [0.1, 0.15) is 6.33 Å². The Balaban J connectivity index is 1.49. The Hall–Kier alpha value is -2.18. The van der Waals surface area contributed by atoms with Crippen molar-refractivity contribution in [1.82, 2.24) is 25.1 Å².